The average Bonchev–Trinajstić information content (AvgIpc) is 2.48. The van der Waals surface area contributed by atoms with Crippen molar-refractivity contribution < 1.29 is 4.74 Å². The number of nitrogens with zero attached hydrogens (tertiary/aromatic N) is 3. The van der Waals surface area contributed by atoms with Crippen molar-refractivity contribution in [2.45, 2.75) is 13.3 Å². The van der Waals surface area contributed by atoms with Gasteiger partial charge in [-0.3, -0.25) is 4.79 Å². The largest absolute Gasteiger partial charge is 0.497 e. The van der Waals surface area contributed by atoms with Crippen molar-refractivity contribution in [3.63, 3.8) is 0 Å². The van der Waals surface area contributed by atoms with Crippen LogP contribution in [0.15, 0.2) is 29.1 Å². The number of nitrogens with one attached hydrogen (secondary N) is 1. The molecule has 2 aromatic rings. The van der Waals surface area contributed by atoms with Crippen molar-refractivity contribution >= 4 is 5.95 Å². The molecular formula is C13H17N5O2. The van der Waals surface area contributed by atoms with Crippen LogP contribution >= 0.6 is 0 Å². The molecule has 1 aromatic carbocycles. The van der Waals surface area contributed by atoms with E-state index < -0.39 is 0 Å². The molecule has 1 heterocycles. The Labute approximate surface area is 116 Å². The minimum absolute atomic E-state index is 0.258. The van der Waals surface area contributed by atoms with Crippen LogP contribution in [0.4, 0.5) is 5.95 Å². The summed E-state index contributed by atoms with van der Waals surface area (Å²) < 4.78 is 6.06. The van der Waals surface area contributed by atoms with E-state index in [4.69, 9.17) is 10.6 Å². The molecule has 0 atom stereocenters. The number of nitrogens with two attached hydrogens (primary N) is 1. The van der Waals surface area contributed by atoms with Crippen molar-refractivity contribution in [1.29, 1.82) is 0 Å². The number of rotatable bonds is 5. The number of ether oxygens (including phenoxy) is 1. The molecule has 7 nitrogen and oxygen atoms in total. The van der Waals surface area contributed by atoms with Crippen LogP contribution in [0.2, 0.25) is 0 Å². The van der Waals surface area contributed by atoms with Gasteiger partial charge in [-0.1, -0.05) is 12.1 Å². The lowest BCUT2D eigenvalue weighted by Gasteiger charge is -2.09. The predicted molar refractivity (Wildman–Crippen MR) is 76.4 cm³/mol. The highest BCUT2D eigenvalue weighted by atomic mass is 16.5. The van der Waals surface area contributed by atoms with Gasteiger partial charge < -0.3 is 15.9 Å². The lowest BCUT2D eigenvalue weighted by atomic mass is 10.1. The number of hydrogen-bond donors (Lipinski definition) is 2. The van der Waals surface area contributed by atoms with Crippen molar-refractivity contribution in [3.8, 4) is 5.75 Å². The third kappa shape index (κ3) is 3.05. The third-order valence-electron chi connectivity index (χ3n) is 2.91. The lowest BCUT2D eigenvalue weighted by molar-refractivity contribution is 0.414. The molecular weight excluding hydrogens is 258 g/mol. The molecule has 0 saturated carbocycles. The number of anilines is 1. The van der Waals surface area contributed by atoms with Crippen LogP contribution < -0.4 is 21.5 Å². The number of methoxy groups -OCH3 is 1. The Morgan fingerprint density at radius 3 is 2.65 bits per heavy atom. The zero-order valence-electron chi connectivity index (χ0n) is 11.5. The van der Waals surface area contributed by atoms with Gasteiger partial charge in [-0.15, -0.1) is 10.2 Å². The molecule has 0 saturated heterocycles. The van der Waals surface area contributed by atoms with E-state index in [0.717, 1.165) is 22.4 Å². The first-order valence-corrected chi connectivity index (χ1v) is 6.20. The van der Waals surface area contributed by atoms with Crippen LogP contribution in [0, 0.1) is 6.92 Å². The zero-order chi connectivity index (χ0) is 14.5. The average molecular weight is 275 g/mol. The number of benzene rings is 1. The highest BCUT2D eigenvalue weighted by Gasteiger charge is 2.05. The van der Waals surface area contributed by atoms with Gasteiger partial charge in [0.15, 0.2) is 0 Å². The Morgan fingerprint density at radius 2 is 2.00 bits per heavy atom. The van der Waals surface area contributed by atoms with Gasteiger partial charge in [0.25, 0.3) is 5.56 Å². The smallest absolute Gasteiger partial charge is 0.295 e. The fourth-order valence-corrected chi connectivity index (χ4v) is 1.72. The molecule has 106 valence electrons. The van der Waals surface area contributed by atoms with Gasteiger partial charge in [0.1, 0.15) is 11.4 Å². The molecule has 0 spiro atoms. The van der Waals surface area contributed by atoms with Gasteiger partial charge in [-0.2, -0.15) is 4.68 Å². The molecule has 7 heteroatoms. The van der Waals surface area contributed by atoms with Crippen molar-refractivity contribution in [2.24, 2.45) is 0 Å². The minimum atomic E-state index is -0.355. The standard InChI is InChI=1S/C13H17N5O2/c1-9-12(19)18(14)13(17-16-9)15-8-7-10-3-5-11(20-2)6-4-10/h3-6H,7-8,14H2,1-2H3,(H,15,17). The van der Waals surface area contributed by atoms with E-state index in [1.165, 1.54) is 0 Å². The normalized spacial score (nSPS) is 10.3. The van der Waals surface area contributed by atoms with Crippen LogP contribution in [0.25, 0.3) is 0 Å². The molecule has 2 rings (SSSR count). The van der Waals surface area contributed by atoms with Crippen molar-refractivity contribution in [1.82, 2.24) is 14.9 Å². The second-order valence-electron chi connectivity index (χ2n) is 4.31. The van der Waals surface area contributed by atoms with E-state index in [1.807, 2.05) is 24.3 Å². The third-order valence-corrected chi connectivity index (χ3v) is 2.91. The van der Waals surface area contributed by atoms with Gasteiger partial charge in [0, 0.05) is 6.54 Å². The Morgan fingerprint density at radius 1 is 1.30 bits per heavy atom. The summed E-state index contributed by atoms with van der Waals surface area (Å²) in [6.07, 6.45) is 0.772. The molecule has 0 bridgehead atoms. The fourth-order valence-electron chi connectivity index (χ4n) is 1.72. The fraction of sp³-hybridized carbons (Fsp3) is 0.308. The number of nitrogen functional groups attached to an aromatic ring is 1. The van der Waals surface area contributed by atoms with E-state index in [1.54, 1.807) is 14.0 Å². The van der Waals surface area contributed by atoms with Crippen LogP contribution in [-0.2, 0) is 6.42 Å². The molecule has 0 aliphatic carbocycles. The summed E-state index contributed by atoms with van der Waals surface area (Å²) in [7, 11) is 1.63. The van der Waals surface area contributed by atoms with Gasteiger partial charge in [-0.05, 0) is 31.0 Å². The molecule has 0 unspecified atom stereocenters. The summed E-state index contributed by atoms with van der Waals surface area (Å²) in [5.41, 5.74) is 1.06. The van der Waals surface area contributed by atoms with Crippen molar-refractivity contribution in [2.75, 3.05) is 24.8 Å². The summed E-state index contributed by atoms with van der Waals surface area (Å²) in [5.74, 6) is 6.70. The van der Waals surface area contributed by atoms with Crippen LogP contribution in [0.1, 0.15) is 11.3 Å². The molecule has 0 amide bonds. The molecule has 0 aliphatic rings. The first-order valence-electron chi connectivity index (χ1n) is 6.20. The van der Waals surface area contributed by atoms with Crippen LogP contribution in [0.5, 0.6) is 5.75 Å². The van der Waals surface area contributed by atoms with E-state index in [2.05, 4.69) is 15.5 Å². The number of hydrogen-bond acceptors (Lipinski definition) is 6. The first-order chi connectivity index (χ1) is 9.61. The monoisotopic (exact) mass is 275 g/mol. The van der Waals surface area contributed by atoms with E-state index in [-0.39, 0.29) is 17.2 Å². The highest BCUT2D eigenvalue weighted by molar-refractivity contribution is 5.29. The summed E-state index contributed by atoms with van der Waals surface area (Å²) >= 11 is 0. The molecule has 0 fully saturated rings. The summed E-state index contributed by atoms with van der Waals surface area (Å²) in [6.45, 7) is 2.17. The van der Waals surface area contributed by atoms with Gasteiger partial charge in [0.05, 0.1) is 7.11 Å². The lowest BCUT2D eigenvalue weighted by Crippen LogP contribution is -2.33. The minimum Gasteiger partial charge on any atom is -0.497 e. The predicted octanol–water partition coefficient (Wildman–Crippen LogP) is 0.324. The highest BCUT2D eigenvalue weighted by Crippen LogP contribution is 2.11. The van der Waals surface area contributed by atoms with Crippen molar-refractivity contribution in [3.05, 3.63) is 45.9 Å². The summed E-state index contributed by atoms with van der Waals surface area (Å²) in [6, 6.07) is 7.77. The maximum absolute atomic E-state index is 11.6. The Balaban J connectivity index is 1.96. The van der Waals surface area contributed by atoms with E-state index >= 15 is 0 Å². The molecule has 20 heavy (non-hydrogen) atoms. The maximum atomic E-state index is 11.6. The molecule has 1 aromatic heterocycles. The van der Waals surface area contributed by atoms with E-state index in [9.17, 15) is 4.79 Å². The van der Waals surface area contributed by atoms with E-state index in [0.29, 0.717) is 6.54 Å². The van der Waals surface area contributed by atoms with Gasteiger partial charge >= 0.3 is 0 Å². The first kappa shape index (κ1) is 13.9. The van der Waals surface area contributed by atoms with Crippen LogP contribution in [-0.4, -0.2) is 28.5 Å². The van der Waals surface area contributed by atoms with Gasteiger partial charge in [0.2, 0.25) is 5.95 Å². The maximum Gasteiger partial charge on any atom is 0.295 e. The Kier molecular flexibility index (Phi) is 4.19. The van der Waals surface area contributed by atoms with Gasteiger partial charge in [-0.25, -0.2) is 0 Å². The Hall–Kier alpha value is -2.57. The molecule has 3 N–H and O–H groups in total. The summed E-state index contributed by atoms with van der Waals surface area (Å²) in [5, 5.41) is 10.6. The quantitative estimate of drug-likeness (QED) is 0.763. The molecule has 0 radical (unpaired) electrons. The van der Waals surface area contributed by atoms with Crippen LogP contribution in [0.3, 0.4) is 0 Å². The zero-order valence-corrected chi connectivity index (χ0v) is 11.5. The second kappa shape index (κ2) is 6.05. The Bertz CT molecular complexity index is 636. The molecule has 0 aliphatic heterocycles. The number of aromatic nitrogens is 3. The summed E-state index contributed by atoms with van der Waals surface area (Å²) in [4.78, 5) is 11.6. The number of aryl methyl sites for hydroxylation is 1. The topological polar surface area (TPSA) is 95.1 Å². The second-order valence-corrected chi connectivity index (χ2v) is 4.31. The SMILES string of the molecule is COc1ccc(CCNc2nnc(C)c(=O)n2N)cc1.